The van der Waals surface area contributed by atoms with Crippen LogP contribution in [0.15, 0.2) is 53.3 Å². The normalized spacial score (nSPS) is 10.6. The number of carbonyl (C=O) groups excluding carboxylic acids is 1. The summed E-state index contributed by atoms with van der Waals surface area (Å²) < 4.78 is 12.0. The molecule has 0 aliphatic rings. The van der Waals surface area contributed by atoms with Crippen molar-refractivity contribution < 1.29 is 14.1 Å². The van der Waals surface area contributed by atoms with Crippen LogP contribution in [0.1, 0.15) is 17.3 Å². The molecular weight excluding hydrogens is 282 g/mol. The van der Waals surface area contributed by atoms with Crippen molar-refractivity contribution in [1.29, 1.82) is 0 Å². The van der Waals surface area contributed by atoms with Gasteiger partial charge >= 0.3 is 5.97 Å². The van der Waals surface area contributed by atoms with Gasteiger partial charge in [-0.1, -0.05) is 17.3 Å². The number of benzene rings is 1. The van der Waals surface area contributed by atoms with E-state index in [1.165, 1.54) is 0 Å². The Hall–Kier alpha value is -2.89. The lowest BCUT2D eigenvalue weighted by atomic mass is 10.1. The molecule has 3 rings (SSSR count). The van der Waals surface area contributed by atoms with E-state index in [-0.39, 0.29) is 19.0 Å². The molecule has 0 radical (unpaired) electrons. The predicted octanol–water partition coefficient (Wildman–Crippen LogP) is 2.45. The summed E-state index contributed by atoms with van der Waals surface area (Å²) in [5.74, 6) is 0.491. The topological polar surface area (TPSA) is 70.2 Å². The zero-order valence-electron chi connectivity index (χ0n) is 12.1. The van der Waals surface area contributed by atoms with Crippen LogP contribution in [0, 0.1) is 6.92 Å². The van der Waals surface area contributed by atoms with E-state index in [4.69, 9.17) is 9.26 Å². The van der Waals surface area contributed by atoms with E-state index in [0.717, 1.165) is 11.3 Å². The van der Waals surface area contributed by atoms with Gasteiger partial charge < -0.3 is 13.8 Å². The maximum atomic E-state index is 11.8. The van der Waals surface area contributed by atoms with Gasteiger partial charge in [-0.05, 0) is 36.8 Å². The van der Waals surface area contributed by atoms with Crippen molar-refractivity contribution in [2.45, 2.75) is 20.0 Å². The first-order valence-electron chi connectivity index (χ1n) is 6.88. The molecule has 0 spiro atoms. The van der Waals surface area contributed by atoms with E-state index in [1.807, 2.05) is 53.4 Å². The number of hydrogen-bond donors (Lipinski definition) is 0. The Balaban J connectivity index is 1.55. The van der Waals surface area contributed by atoms with Gasteiger partial charge in [-0.3, -0.25) is 4.79 Å². The quantitative estimate of drug-likeness (QED) is 0.676. The first-order valence-corrected chi connectivity index (χ1v) is 6.88. The minimum absolute atomic E-state index is 0.00112. The average Bonchev–Trinajstić information content (AvgIpc) is 3.17. The molecule has 0 aliphatic heterocycles. The fourth-order valence-electron chi connectivity index (χ4n) is 2.05. The second-order valence-electron chi connectivity index (χ2n) is 4.83. The predicted molar refractivity (Wildman–Crippen MR) is 78.3 cm³/mol. The van der Waals surface area contributed by atoms with Crippen LogP contribution in [-0.4, -0.2) is 20.7 Å². The van der Waals surface area contributed by atoms with Crippen molar-refractivity contribution in [3.63, 3.8) is 0 Å². The molecular formula is C16H15N3O3. The highest BCUT2D eigenvalue weighted by atomic mass is 16.6. The number of aromatic nitrogens is 3. The zero-order valence-corrected chi connectivity index (χ0v) is 12.1. The van der Waals surface area contributed by atoms with Crippen LogP contribution in [0.25, 0.3) is 5.69 Å². The Kier molecular flexibility index (Phi) is 4.00. The molecule has 1 aromatic carbocycles. The fraction of sp³-hybridized carbons (Fsp3) is 0.188. The molecule has 6 heteroatoms. The Labute approximate surface area is 127 Å². The summed E-state index contributed by atoms with van der Waals surface area (Å²) in [6.07, 6.45) is 4.14. The molecule has 0 bridgehead atoms. The molecule has 2 heterocycles. The number of esters is 1. The lowest BCUT2D eigenvalue weighted by Crippen LogP contribution is -2.08. The summed E-state index contributed by atoms with van der Waals surface area (Å²) in [6.45, 7) is 1.71. The number of nitrogens with zero attached hydrogens (tertiary/aromatic N) is 3. The monoisotopic (exact) mass is 297 g/mol. The van der Waals surface area contributed by atoms with Crippen molar-refractivity contribution in [3.05, 3.63) is 66.1 Å². The van der Waals surface area contributed by atoms with Crippen molar-refractivity contribution in [2.24, 2.45) is 0 Å². The molecule has 0 atom stereocenters. The first kappa shape index (κ1) is 14.1. The molecule has 112 valence electrons. The number of hydrogen-bond acceptors (Lipinski definition) is 5. The third kappa shape index (κ3) is 3.41. The van der Waals surface area contributed by atoms with Crippen molar-refractivity contribution in [1.82, 2.24) is 14.7 Å². The number of rotatable bonds is 5. The highest BCUT2D eigenvalue weighted by molar-refractivity contribution is 5.72. The van der Waals surface area contributed by atoms with E-state index in [2.05, 4.69) is 10.1 Å². The maximum absolute atomic E-state index is 11.8. The van der Waals surface area contributed by atoms with Crippen LogP contribution >= 0.6 is 0 Å². The highest BCUT2D eigenvalue weighted by Gasteiger charge is 2.09. The van der Waals surface area contributed by atoms with Gasteiger partial charge in [-0.2, -0.15) is 4.98 Å². The van der Waals surface area contributed by atoms with Gasteiger partial charge in [-0.25, -0.2) is 0 Å². The van der Waals surface area contributed by atoms with E-state index >= 15 is 0 Å². The molecule has 0 amide bonds. The SMILES string of the molecule is Cc1noc(COC(=O)Cc2ccc(-n3cccc3)cc2)n1. The summed E-state index contributed by atoms with van der Waals surface area (Å²) in [5, 5.41) is 3.63. The minimum Gasteiger partial charge on any atom is -0.455 e. The van der Waals surface area contributed by atoms with E-state index < -0.39 is 0 Å². The molecule has 0 saturated carbocycles. The van der Waals surface area contributed by atoms with Gasteiger partial charge in [0.2, 0.25) is 0 Å². The van der Waals surface area contributed by atoms with Crippen molar-refractivity contribution >= 4 is 5.97 Å². The molecule has 0 fully saturated rings. The Morgan fingerprint density at radius 2 is 1.95 bits per heavy atom. The van der Waals surface area contributed by atoms with Gasteiger partial charge in [0.15, 0.2) is 12.4 Å². The second-order valence-corrected chi connectivity index (χ2v) is 4.83. The standard InChI is InChI=1S/C16H15N3O3/c1-12-17-15(22-18-12)11-21-16(20)10-13-4-6-14(7-5-13)19-8-2-3-9-19/h2-9H,10-11H2,1H3. The van der Waals surface area contributed by atoms with Crippen LogP contribution in [-0.2, 0) is 22.6 Å². The van der Waals surface area contributed by atoms with Crippen LogP contribution in [0.2, 0.25) is 0 Å². The van der Waals surface area contributed by atoms with Gasteiger partial charge in [0.25, 0.3) is 5.89 Å². The fourth-order valence-corrected chi connectivity index (χ4v) is 2.05. The van der Waals surface area contributed by atoms with Crippen LogP contribution < -0.4 is 0 Å². The molecule has 0 aliphatic carbocycles. The van der Waals surface area contributed by atoms with Gasteiger partial charge in [0.05, 0.1) is 6.42 Å². The van der Waals surface area contributed by atoms with Crippen LogP contribution in [0.4, 0.5) is 0 Å². The number of ether oxygens (including phenoxy) is 1. The summed E-state index contributed by atoms with van der Waals surface area (Å²) in [7, 11) is 0. The minimum atomic E-state index is -0.329. The van der Waals surface area contributed by atoms with E-state index in [0.29, 0.717) is 11.7 Å². The van der Waals surface area contributed by atoms with Crippen molar-refractivity contribution in [3.8, 4) is 5.69 Å². The van der Waals surface area contributed by atoms with Gasteiger partial charge in [-0.15, -0.1) is 0 Å². The summed E-state index contributed by atoms with van der Waals surface area (Å²) in [4.78, 5) is 15.8. The van der Waals surface area contributed by atoms with Gasteiger partial charge in [0.1, 0.15) is 0 Å². The zero-order chi connectivity index (χ0) is 15.4. The van der Waals surface area contributed by atoms with Gasteiger partial charge in [0, 0.05) is 18.1 Å². The largest absolute Gasteiger partial charge is 0.455 e. The average molecular weight is 297 g/mol. The van der Waals surface area contributed by atoms with Crippen LogP contribution in [0.3, 0.4) is 0 Å². The second kappa shape index (κ2) is 6.26. The molecule has 2 aromatic heterocycles. The first-order chi connectivity index (χ1) is 10.7. The van der Waals surface area contributed by atoms with E-state index in [1.54, 1.807) is 6.92 Å². The molecule has 22 heavy (non-hydrogen) atoms. The summed E-state index contributed by atoms with van der Waals surface area (Å²) in [6, 6.07) is 11.7. The lowest BCUT2D eigenvalue weighted by Gasteiger charge is -2.05. The number of aryl methyl sites for hydroxylation is 1. The lowest BCUT2D eigenvalue weighted by molar-refractivity contribution is -0.144. The Morgan fingerprint density at radius 3 is 2.59 bits per heavy atom. The molecule has 3 aromatic rings. The van der Waals surface area contributed by atoms with Crippen LogP contribution in [0.5, 0.6) is 0 Å². The third-order valence-corrected chi connectivity index (χ3v) is 3.11. The molecule has 6 nitrogen and oxygen atoms in total. The molecule has 0 unspecified atom stereocenters. The Bertz CT molecular complexity index is 745. The number of carbonyl (C=O) groups is 1. The summed E-state index contributed by atoms with van der Waals surface area (Å²) >= 11 is 0. The highest BCUT2D eigenvalue weighted by Crippen LogP contribution is 2.11. The Morgan fingerprint density at radius 1 is 1.23 bits per heavy atom. The third-order valence-electron chi connectivity index (χ3n) is 3.11. The molecule has 0 saturated heterocycles. The molecule has 0 N–H and O–H groups in total. The summed E-state index contributed by atoms with van der Waals surface area (Å²) in [5.41, 5.74) is 1.94. The van der Waals surface area contributed by atoms with E-state index in [9.17, 15) is 4.79 Å². The smallest absolute Gasteiger partial charge is 0.310 e. The maximum Gasteiger partial charge on any atom is 0.310 e. The van der Waals surface area contributed by atoms with Crippen molar-refractivity contribution in [2.75, 3.05) is 0 Å².